The van der Waals surface area contributed by atoms with Crippen molar-refractivity contribution < 1.29 is 4.52 Å². The normalized spacial score (nSPS) is 15.9. The van der Waals surface area contributed by atoms with Crippen LogP contribution in [-0.4, -0.2) is 38.2 Å². The number of rotatable bonds is 3. The van der Waals surface area contributed by atoms with E-state index in [1.165, 1.54) is 5.56 Å². The van der Waals surface area contributed by atoms with Gasteiger partial charge >= 0.3 is 0 Å². The number of hydrogen-bond donors (Lipinski definition) is 0. The molecule has 0 aromatic carbocycles. The van der Waals surface area contributed by atoms with Crippen LogP contribution in [0, 0.1) is 26.7 Å². The van der Waals surface area contributed by atoms with Gasteiger partial charge < -0.3 is 9.42 Å². The smallest absolute Gasteiger partial charge is 0.223 e. The van der Waals surface area contributed by atoms with Crippen LogP contribution in [0.25, 0.3) is 11.0 Å². The van der Waals surface area contributed by atoms with E-state index < -0.39 is 0 Å². The number of aromatic nitrogens is 5. The van der Waals surface area contributed by atoms with E-state index in [-0.39, 0.29) is 0 Å². The van der Waals surface area contributed by atoms with Crippen molar-refractivity contribution in [3.63, 3.8) is 0 Å². The molecule has 0 saturated carbocycles. The molecule has 1 aliphatic heterocycles. The molecule has 1 aliphatic rings. The molecule has 1 fully saturated rings. The van der Waals surface area contributed by atoms with Gasteiger partial charge in [-0.05, 0) is 44.2 Å². The van der Waals surface area contributed by atoms with Gasteiger partial charge in [0.1, 0.15) is 12.1 Å². The Labute approximate surface area is 146 Å². The highest BCUT2D eigenvalue weighted by atomic mass is 16.5. The van der Waals surface area contributed by atoms with Crippen LogP contribution < -0.4 is 4.90 Å². The molecule has 0 aliphatic carbocycles. The van der Waals surface area contributed by atoms with Gasteiger partial charge in [0.15, 0.2) is 11.5 Å². The Morgan fingerprint density at radius 3 is 2.64 bits per heavy atom. The van der Waals surface area contributed by atoms with Gasteiger partial charge in [-0.15, -0.1) is 0 Å². The van der Waals surface area contributed by atoms with Crippen LogP contribution >= 0.6 is 0 Å². The molecule has 0 atom stereocenters. The molecule has 1 saturated heterocycles. The van der Waals surface area contributed by atoms with Gasteiger partial charge in [-0.25, -0.2) is 15.0 Å². The first-order valence-electron chi connectivity index (χ1n) is 8.73. The van der Waals surface area contributed by atoms with Crippen LogP contribution in [-0.2, 0) is 6.42 Å². The fourth-order valence-corrected chi connectivity index (χ4v) is 3.66. The molecular formula is C18H22N6O. The quantitative estimate of drug-likeness (QED) is 0.726. The maximum absolute atomic E-state index is 5.07. The number of nitrogens with zero attached hydrogens (tertiary/aromatic N) is 6. The zero-order chi connectivity index (χ0) is 17.4. The van der Waals surface area contributed by atoms with Gasteiger partial charge in [-0.1, -0.05) is 5.16 Å². The summed E-state index contributed by atoms with van der Waals surface area (Å²) in [6, 6.07) is 2.10. The topological polar surface area (TPSA) is 80.8 Å². The van der Waals surface area contributed by atoms with Crippen molar-refractivity contribution in [3.05, 3.63) is 35.4 Å². The molecule has 4 rings (SSSR count). The predicted molar refractivity (Wildman–Crippen MR) is 94.5 cm³/mol. The summed E-state index contributed by atoms with van der Waals surface area (Å²) in [5.74, 6) is 3.05. The number of anilines is 1. The predicted octanol–water partition coefficient (Wildman–Crippen LogP) is 2.79. The van der Waals surface area contributed by atoms with Crippen molar-refractivity contribution in [2.45, 2.75) is 40.0 Å². The van der Waals surface area contributed by atoms with Crippen molar-refractivity contribution in [1.29, 1.82) is 0 Å². The van der Waals surface area contributed by atoms with Crippen molar-refractivity contribution in [3.8, 4) is 0 Å². The molecule has 7 heteroatoms. The second-order valence-electron chi connectivity index (χ2n) is 6.84. The maximum atomic E-state index is 5.07. The Balaban J connectivity index is 1.52. The second kappa shape index (κ2) is 6.38. The summed E-state index contributed by atoms with van der Waals surface area (Å²) in [5.41, 5.74) is 2.96. The monoisotopic (exact) mass is 338 g/mol. The molecule has 0 bridgehead atoms. The third-order valence-electron chi connectivity index (χ3n) is 4.86. The second-order valence-corrected chi connectivity index (χ2v) is 6.84. The highest BCUT2D eigenvalue weighted by Crippen LogP contribution is 2.30. The van der Waals surface area contributed by atoms with E-state index in [0.717, 1.165) is 60.7 Å². The van der Waals surface area contributed by atoms with Crippen LogP contribution in [0.4, 0.5) is 5.82 Å². The number of pyridine rings is 1. The molecule has 0 radical (unpaired) electrons. The third-order valence-corrected chi connectivity index (χ3v) is 4.86. The lowest BCUT2D eigenvalue weighted by molar-refractivity contribution is 0.365. The Kier molecular flexibility index (Phi) is 4.07. The summed E-state index contributed by atoms with van der Waals surface area (Å²) in [5, 5.41) is 5.09. The zero-order valence-electron chi connectivity index (χ0n) is 14.9. The van der Waals surface area contributed by atoms with E-state index in [4.69, 9.17) is 4.52 Å². The van der Waals surface area contributed by atoms with E-state index in [1.807, 2.05) is 13.8 Å². The van der Waals surface area contributed by atoms with Crippen LogP contribution in [0.2, 0.25) is 0 Å². The van der Waals surface area contributed by atoms with Gasteiger partial charge in [0.2, 0.25) is 5.89 Å². The fourth-order valence-electron chi connectivity index (χ4n) is 3.66. The first-order valence-corrected chi connectivity index (χ1v) is 8.73. The van der Waals surface area contributed by atoms with Gasteiger partial charge in [0.25, 0.3) is 0 Å². The average molecular weight is 338 g/mol. The highest BCUT2D eigenvalue weighted by molar-refractivity contribution is 5.90. The van der Waals surface area contributed by atoms with Gasteiger partial charge in [0, 0.05) is 32.1 Å². The van der Waals surface area contributed by atoms with Crippen molar-refractivity contribution in [2.24, 2.45) is 5.92 Å². The molecule has 25 heavy (non-hydrogen) atoms. The lowest BCUT2D eigenvalue weighted by atomic mass is 9.93. The van der Waals surface area contributed by atoms with Gasteiger partial charge in [-0.3, -0.25) is 0 Å². The molecule has 0 N–H and O–H groups in total. The molecule has 0 spiro atoms. The van der Waals surface area contributed by atoms with E-state index >= 15 is 0 Å². The van der Waals surface area contributed by atoms with Crippen LogP contribution in [0.15, 0.2) is 16.9 Å². The van der Waals surface area contributed by atoms with E-state index in [9.17, 15) is 0 Å². The van der Waals surface area contributed by atoms with Crippen molar-refractivity contribution in [1.82, 2.24) is 25.1 Å². The molecule has 3 aromatic rings. The summed E-state index contributed by atoms with van der Waals surface area (Å²) in [6.07, 6.45) is 4.70. The Bertz CT molecular complexity index is 898. The summed E-state index contributed by atoms with van der Waals surface area (Å²) >= 11 is 0. The Morgan fingerprint density at radius 1 is 1.12 bits per heavy atom. The average Bonchev–Trinajstić information content (AvgIpc) is 2.99. The molecular weight excluding hydrogens is 316 g/mol. The van der Waals surface area contributed by atoms with Crippen molar-refractivity contribution in [2.75, 3.05) is 18.0 Å². The minimum Gasteiger partial charge on any atom is -0.356 e. The largest absolute Gasteiger partial charge is 0.356 e. The van der Waals surface area contributed by atoms with E-state index in [0.29, 0.717) is 11.8 Å². The number of aryl methyl sites for hydroxylation is 3. The molecule has 7 nitrogen and oxygen atoms in total. The maximum Gasteiger partial charge on any atom is 0.223 e. The van der Waals surface area contributed by atoms with Gasteiger partial charge in [0.05, 0.1) is 5.39 Å². The van der Waals surface area contributed by atoms with Crippen LogP contribution in [0.3, 0.4) is 0 Å². The Morgan fingerprint density at radius 2 is 1.92 bits per heavy atom. The molecule has 3 aromatic heterocycles. The van der Waals surface area contributed by atoms with E-state index in [1.54, 1.807) is 6.33 Å². The number of piperidine rings is 1. The minimum atomic E-state index is 0.586. The summed E-state index contributed by atoms with van der Waals surface area (Å²) in [4.78, 5) is 20.2. The number of hydrogen-bond acceptors (Lipinski definition) is 7. The molecule has 130 valence electrons. The van der Waals surface area contributed by atoms with Crippen LogP contribution in [0.5, 0.6) is 0 Å². The SMILES string of the molecule is Cc1cc(C)c2c(N3CCC(Cc4noc(C)n4)CC3)ncnc2n1. The summed E-state index contributed by atoms with van der Waals surface area (Å²) in [6.45, 7) is 7.88. The lowest BCUT2D eigenvalue weighted by Gasteiger charge is -2.33. The Hall–Kier alpha value is -2.57. The third kappa shape index (κ3) is 3.18. The fraction of sp³-hybridized carbons (Fsp3) is 0.500. The molecule has 4 heterocycles. The zero-order valence-corrected chi connectivity index (χ0v) is 14.9. The summed E-state index contributed by atoms with van der Waals surface area (Å²) < 4.78 is 5.07. The van der Waals surface area contributed by atoms with E-state index in [2.05, 4.69) is 43.0 Å². The lowest BCUT2D eigenvalue weighted by Crippen LogP contribution is -2.35. The number of fused-ring (bicyclic) bond motifs is 1. The molecule has 0 unspecified atom stereocenters. The minimum absolute atomic E-state index is 0.586. The highest BCUT2D eigenvalue weighted by Gasteiger charge is 2.24. The van der Waals surface area contributed by atoms with Crippen LogP contribution in [0.1, 0.15) is 35.8 Å². The molecule has 0 amide bonds. The standard InChI is InChI=1S/C18H22N6O/c1-11-8-12(2)21-17-16(11)18(20-10-19-17)24-6-4-14(5-7-24)9-15-22-13(3)25-23-15/h8,10,14H,4-7,9H2,1-3H3. The van der Waals surface area contributed by atoms with Gasteiger partial charge in [-0.2, -0.15) is 4.98 Å². The first kappa shape index (κ1) is 15.9. The van der Waals surface area contributed by atoms with Crippen molar-refractivity contribution >= 4 is 16.9 Å². The summed E-state index contributed by atoms with van der Waals surface area (Å²) in [7, 11) is 0. The first-order chi connectivity index (χ1) is 12.1.